The third-order valence-corrected chi connectivity index (χ3v) is 2.66. The molecule has 0 fully saturated rings. The van der Waals surface area contributed by atoms with Crippen LogP contribution in [0.2, 0.25) is 0 Å². The van der Waals surface area contributed by atoms with E-state index in [1.54, 1.807) is 24.5 Å². The Bertz CT molecular complexity index is 510. The number of aliphatic hydroxyl groups excluding tert-OH is 1. The highest BCUT2D eigenvalue weighted by atomic mass is 79.9. The van der Waals surface area contributed by atoms with Crippen molar-refractivity contribution in [2.45, 2.75) is 13.0 Å². The zero-order chi connectivity index (χ0) is 11.7. The van der Waals surface area contributed by atoms with E-state index >= 15 is 0 Å². The molecule has 0 bridgehead atoms. The molecule has 1 aromatic carbocycles. The number of rotatable bonds is 2. The minimum atomic E-state index is -0.876. The van der Waals surface area contributed by atoms with Gasteiger partial charge in [0.2, 0.25) is 0 Å². The van der Waals surface area contributed by atoms with Crippen molar-refractivity contribution >= 4 is 15.9 Å². The van der Waals surface area contributed by atoms with Gasteiger partial charge in [-0.2, -0.15) is 5.10 Å². The van der Waals surface area contributed by atoms with Crippen molar-refractivity contribution in [3.05, 3.63) is 46.4 Å². The van der Waals surface area contributed by atoms with Gasteiger partial charge < -0.3 is 5.11 Å². The second-order valence-corrected chi connectivity index (χ2v) is 4.37. The summed E-state index contributed by atoms with van der Waals surface area (Å²) >= 11 is 3.27. The van der Waals surface area contributed by atoms with Gasteiger partial charge in [-0.15, -0.1) is 0 Å². The molecule has 1 atom stereocenters. The Morgan fingerprint density at radius 2 is 2.25 bits per heavy atom. The fraction of sp³-hybridized carbons (Fsp3) is 0.182. The van der Waals surface area contributed by atoms with E-state index in [9.17, 15) is 9.50 Å². The highest BCUT2D eigenvalue weighted by molar-refractivity contribution is 9.10. The minimum Gasteiger partial charge on any atom is -0.389 e. The summed E-state index contributed by atoms with van der Waals surface area (Å²) in [5, 5.41) is 13.6. The number of aliphatic hydroxyl groups is 1. The standard InChI is InChI=1S/C11H10BrFN2O/c1-7(16)11-9(13)3-2-4-10(11)15-6-8(12)5-14-15/h2-7,16H,1H3. The summed E-state index contributed by atoms with van der Waals surface area (Å²) in [5.41, 5.74) is 0.791. The molecule has 1 N–H and O–H groups in total. The van der Waals surface area contributed by atoms with Crippen molar-refractivity contribution in [3.63, 3.8) is 0 Å². The lowest BCUT2D eigenvalue weighted by molar-refractivity contribution is 0.194. The highest BCUT2D eigenvalue weighted by Crippen LogP contribution is 2.24. The monoisotopic (exact) mass is 284 g/mol. The predicted octanol–water partition coefficient (Wildman–Crippen LogP) is 2.83. The fourth-order valence-electron chi connectivity index (χ4n) is 1.57. The van der Waals surface area contributed by atoms with E-state index in [0.717, 1.165) is 4.47 Å². The third kappa shape index (κ3) is 2.01. The van der Waals surface area contributed by atoms with Crippen molar-refractivity contribution in [3.8, 4) is 5.69 Å². The largest absolute Gasteiger partial charge is 0.389 e. The quantitative estimate of drug-likeness (QED) is 0.921. The first-order valence-electron chi connectivity index (χ1n) is 4.76. The van der Waals surface area contributed by atoms with Crippen LogP contribution < -0.4 is 0 Å². The SMILES string of the molecule is CC(O)c1c(F)cccc1-n1cc(Br)cn1. The Labute approximate surface area is 101 Å². The van der Waals surface area contributed by atoms with Crippen molar-refractivity contribution in [1.82, 2.24) is 9.78 Å². The molecule has 3 nitrogen and oxygen atoms in total. The molecule has 84 valence electrons. The average Bonchev–Trinajstić information content (AvgIpc) is 2.63. The van der Waals surface area contributed by atoms with E-state index in [-0.39, 0.29) is 5.56 Å². The van der Waals surface area contributed by atoms with Crippen LogP contribution in [-0.2, 0) is 0 Å². The Morgan fingerprint density at radius 3 is 2.81 bits per heavy atom. The summed E-state index contributed by atoms with van der Waals surface area (Å²) in [4.78, 5) is 0. The molecule has 1 aromatic heterocycles. The topological polar surface area (TPSA) is 38.0 Å². The van der Waals surface area contributed by atoms with Crippen molar-refractivity contribution in [2.75, 3.05) is 0 Å². The lowest BCUT2D eigenvalue weighted by atomic mass is 10.1. The molecule has 2 rings (SSSR count). The number of benzene rings is 1. The molecule has 0 aliphatic rings. The summed E-state index contributed by atoms with van der Waals surface area (Å²) in [6.07, 6.45) is 2.44. The molecule has 0 amide bonds. The van der Waals surface area contributed by atoms with Crippen LogP contribution in [0.3, 0.4) is 0 Å². The number of hydrogen-bond donors (Lipinski definition) is 1. The van der Waals surface area contributed by atoms with Crippen LogP contribution in [0.1, 0.15) is 18.6 Å². The van der Waals surface area contributed by atoms with Gasteiger partial charge in [0.05, 0.1) is 22.5 Å². The first-order chi connectivity index (χ1) is 7.59. The molecule has 2 aromatic rings. The summed E-state index contributed by atoms with van der Waals surface area (Å²) in [6, 6.07) is 4.63. The highest BCUT2D eigenvalue weighted by Gasteiger charge is 2.15. The van der Waals surface area contributed by atoms with E-state index in [4.69, 9.17) is 0 Å². The molecular weight excluding hydrogens is 275 g/mol. The van der Waals surface area contributed by atoms with Gasteiger partial charge in [0, 0.05) is 11.8 Å². The molecule has 0 radical (unpaired) electrons. The summed E-state index contributed by atoms with van der Waals surface area (Å²) in [6.45, 7) is 1.53. The van der Waals surface area contributed by atoms with E-state index < -0.39 is 11.9 Å². The Kier molecular flexibility index (Phi) is 3.07. The van der Waals surface area contributed by atoms with Crippen molar-refractivity contribution < 1.29 is 9.50 Å². The van der Waals surface area contributed by atoms with Crippen LogP contribution in [0.15, 0.2) is 35.1 Å². The Morgan fingerprint density at radius 1 is 1.50 bits per heavy atom. The Balaban J connectivity index is 2.60. The summed E-state index contributed by atoms with van der Waals surface area (Å²) in [5.74, 6) is -0.431. The number of halogens is 2. The molecule has 0 spiro atoms. The molecule has 1 heterocycles. The van der Waals surface area contributed by atoms with Gasteiger partial charge in [0.1, 0.15) is 5.82 Å². The maximum Gasteiger partial charge on any atom is 0.131 e. The third-order valence-electron chi connectivity index (χ3n) is 2.25. The second kappa shape index (κ2) is 4.35. The molecule has 16 heavy (non-hydrogen) atoms. The van der Waals surface area contributed by atoms with Gasteiger partial charge in [-0.3, -0.25) is 0 Å². The normalized spacial score (nSPS) is 12.8. The second-order valence-electron chi connectivity index (χ2n) is 3.45. The molecule has 5 heteroatoms. The van der Waals surface area contributed by atoms with Crippen molar-refractivity contribution in [2.24, 2.45) is 0 Å². The smallest absolute Gasteiger partial charge is 0.131 e. The maximum atomic E-state index is 13.6. The predicted molar refractivity (Wildman–Crippen MR) is 61.9 cm³/mol. The van der Waals surface area contributed by atoms with Crippen LogP contribution in [0.25, 0.3) is 5.69 Å². The summed E-state index contributed by atoms with van der Waals surface area (Å²) in [7, 11) is 0. The average molecular weight is 285 g/mol. The molecular formula is C11H10BrFN2O. The number of hydrogen-bond acceptors (Lipinski definition) is 2. The van der Waals surface area contributed by atoms with Crippen LogP contribution in [0.5, 0.6) is 0 Å². The van der Waals surface area contributed by atoms with E-state index in [1.807, 2.05) is 0 Å². The lowest BCUT2D eigenvalue weighted by Gasteiger charge is -2.12. The van der Waals surface area contributed by atoms with Crippen LogP contribution >= 0.6 is 15.9 Å². The van der Waals surface area contributed by atoms with E-state index in [0.29, 0.717) is 5.69 Å². The Hall–Kier alpha value is -1.20. The van der Waals surface area contributed by atoms with Gasteiger partial charge in [-0.25, -0.2) is 9.07 Å². The van der Waals surface area contributed by atoms with Gasteiger partial charge in [0.25, 0.3) is 0 Å². The molecule has 0 saturated carbocycles. The molecule has 0 aliphatic carbocycles. The van der Waals surface area contributed by atoms with Crippen LogP contribution in [-0.4, -0.2) is 14.9 Å². The zero-order valence-electron chi connectivity index (χ0n) is 8.56. The molecule has 1 unspecified atom stereocenters. The maximum absolute atomic E-state index is 13.6. The lowest BCUT2D eigenvalue weighted by Crippen LogP contribution is -2.05. The fourth-order valence-corrected chi connectivity index (χ4v) is 1.86. The van der Waals surface area contributed by atoms with Gasteiger partial charge in [-0.05, 0) is 35.0 Å². The molecule has 0 aliphatic heterocycles. The van der Waals surface area contributed by atoms with Crippen LogP contribution in [0.4, 0.5) is 4.39 Å². The van der Waals surface area contributed by atoms with Gasteiger partial charge >= 0.3 is 0 Å². The van der Waals surface area contributed by atoms with E-state index in [1.165, 1.54) is 17.7 Å². The summed E-state index contributed by atoms with van der Waals surface area (Å²) < 4.78 is 15.9. The van der Waals surface area contributed by atoms with Gasteiger partial charge in [-0.1, -0.05) is 6.07 Å². The van der Waals surface area contributed by atoms with Gasteiger partial charge in [0.15, 0.2) is 0 Å². The van der Waals surface area contributed by atoms with Crippen LogP contribution in [0, 0.1) is 5.82 Å². The number of nitrogens with zero attached hydrogens (tertiary/aromatic N) is 2. The number of aromatic nitrogens is 2. The van der Waals surface area contributed by atoms with Crippen molar-refractivity contribution in [1.29, 1.82) is 0 Å². The minimum absolute atomic E-state index is 0.248. The first kappa shape index (κ1) is 11.3. The zero-order valence-corrected chi connectivity index (χ0v) is 10.1. The molecule has 0 saturated heterocycles. The first-order valence-corrected chi connectivity index (χ1v) is 5.56. The van der Waals surface area contributed by atoms with E-state index in [2.05, 4.69) is 21.0 Å².